The van der Waals surface area contributed by atoms with Crippen LogP contribution in [-0.2, 0) is 4.74 Å². The number of aromatic nitrogens is 7. The number of nitrogens with zero attached hydrogens (tertiary/aromatic N) is 7. The van der Waals surface area contributed by atoms with E-state index in [0.717, 1.165) is 0 Å². The lowest BCUT2D eigenvalue weighted by Gasteiger charge is -2.09. The van der Waals surface area contributed by atoms with Gasteiger partial charge in [-0.25, -0.2) is 9.48 Å². The van der Waals surface area contributed by atoms with E-state index in [2.05, 4.69) is 30.7 Å². The van der Waals surface area contributed by atoms with Crippen LogP contribution in [0, 0.1) is 0 Å². The van der Waals surface area contributed by atoms with E-state index in [-0.39, 0.29) is 5.89 Å². The summed E-state index contributed by atoms with van der Waals surface area (Å²) in [5.74, 6) is 0.0408. The van der Waals surface area contributed by atoms with Crippen molar-refractivity contribution in [1.82, 2.24) is 35.3 Å². The molecule has 27 heavy (non-hydrogen) atoms. The van der Waals surface area contributed by atoms with Crippen LogP contribution < -0.4 is 0 Å². The van der Waals surface area contributed by atoms with Crippen molar-refractivity contribution in [2.24, 2.45) is 0 Å². The lowest BCUT2D eigenvalue weighted by atomic mass is 10.2. The zero-order valence-corrected chi connectivity index (χ0v) is 14.1. The second-order valence-corrected chi connectivity index (χ2v) is 5.55. The van der Waals surface area contributed by atoms with Gasteiger partial charge in [0.15, 0.2) is 6.10 Å². The molecule has 10 nitrogen and oxygen atoms in total. The molecule has 134 valence electrons. The number of benzene rings is 1. The third-order valence-corrected chi connectivity index (χ3v) is 3.69. The van der Waals surface area contributed by atoms with Crippen LogP contribution in [0.15, 0.2) is 59.6 Å². The number of hydrogen-bond acceptors (Lipinski definition) is 9. The van der Waals surface area contributed by atoms with Crippen LogP contribution in [0.3, 0.4) is 0 Å². The Morgan fingerprint density at radius 3 is 2.96 bits per heavy atom. The molecule has 0 aliphatic heterocycles. The van der Waals surface area contributed by atoms with Gasteiger partial charge in [0.1, 0.15) is 6.33 Å². The lowest BCUT2D eigenvalue weighted by molar-refractivity contribution is 0.0265. The number of ether oxygens (including phenoxy) is 1. The molecule has 0 saturated heterocycles. The maximum Gasteiger partial charge on any atom is 0.338 e. The first kappa shape index (κ1) is 16.5. The molecule has 0 fully saturated rings. The fourth-order valence-corrected chi connectivity index (χ4v) is 2.35. The molecule has 1 unspecified atom stereocenters. The van der Waals surface area contributed by atoms with Crippen molar-refractivity contribution in [3.8, 4) is 17.1 Å². The summed E-state index contributed by atoms with van der Waals surface area (Å²) >= 11 is 0. The number of carbonyl (C=O) groups excluding carboxylic acids is 1. The molecule has 0 radical (unpaired) electrons. The van der Waals surface area contributed by atoms with E-state index in [4.69, 9.17) is 9.26 Å². The van der Waals surface area contributed by atoms with Gasteiger partial charge in [-0.05, 0) is 47.7 Å². The van der Waals surface area contributed by atoms with Crippen LogP contribution in [0.4, 0.5) is 0 Å². The van der Waals surface area contributed by atoms with Crippen molar-refractivity contribution >= 4 is 5.97 Å². The highest BCUT2D eigenvalue weighted by Gasteiger charge is 2.20. The van der Waals surface area contributed by atoms with Gasteiger partial charge in [0, 0.05) is 18.0 Å². The molecule has 0 spiro atoms. The molecule has 4 aromatic rings. The first-order valence-electron chi connectivity index (χ1n) is 7.99. The third kappa shape index (κ3) is 3.54. The van der Waals surface area contributed by atoms with E-state index in [1.165, 1.54) is 11.0 Å². The first-order valence-corrected chi connectivity index (χ1v) is 7.99. The minimum atomic E-state index is -0.716. The molecular weight excluding hydrogens is 350 g/mol. The van der Waals surface area contributed by atoms with Crippen molar-refractivity contribution in [1.29, 1.82) is 0 Å². The molecule has 0 bridgehead atoms. The molecule has 0 amide bonds. The summed E-state index contributed by atoms with van der Waals surface area (Å²) in [5, 5.41) is 14.8. The summed E-state index contributed by atoms with van der Waals surface area (Å²) in [6, 6.07) is 10.3. The van der Waals surface area contributed by atoms with Crippen molar-refractivity contribution in [3.05, 3.63) is 66.6 Å². The van der Waals surface area contributed by atoms with E-state index in [9.17, 15) is 4.79 Å². The van der Waals surface area contributed by atoms with Crippen LogP contribution in [0.1, 0.15) is 29.3 Å². The number of hydrogen-bond donors (Lipinski definition) is 0. The smallest absolute Gasteiger partial charge is 0.338 e. The maximum absolute atomic E-state index is 12.4. The topological polar surface area (TPSA) is 122 Å². The Balaban J connectivity index is 1.49. The zero-order chi connectivity index (χ0) is 18.6. The normalized spacial score (nSPS) is 11.9. The molecule has 1 atom stereocenters. The van der Waals surface area contributed by atoms with Gasteiger partial charge in [0.05, 0.1) is 11.3 Å². The van der Waals surface area contributed by atoms with Crippen molar-refractivity contribution in [2.75, 3.05) is 0 Å². The average Bonchev–Trinajstić information content (AvgIpc) is 3.41. The van der Waals surface area contributed by atoms with E-state index in [1.807, 2.05) is 6.07 Å². The summed E-state index contributed by atoms with van der Waals surface area (Å²) in [6.07, 6.45) is 3.99. The van der Waals surface area contributed by atoms with Crippen LogP contribution >= 0.6 is 0 Å². The van der Waals surface area contributed by atoms with Gasteiger partial charge in [-0.2, -0.15) is 4.98 Å². The highest BCUT2D eigenvalue weighted by molar-refractivity contribution is 5.90. The summed E-state index contributed by atoms with van der Waals surface area (Å²) in [6.45, 7) is 1.66. The van der Waals surface area contributed by atoms with E-state index in [1.54, 1.807) is 49.6 Å². The molecule has 0 N–H and O–H groups in total. The number of rotatable bonds is 5. The average molecular weight is 363 g/mol. The summed E-state index contributed by atoms with van der Waals surface area (Å²) in [5.41, 5.74) is 1.70. The van der Waals surface area contributed by atoms with Crippen molar-refractivity contribution in [3.63, 3.8) is 0 Å². The Hall–Kier alpha value is -3.95. The minimum absolute atomic E-state index is 0.193. The van der Waals surface area contributed by atoms with Crippen LogP contribution in [0.2, 0.25) is 0 Å². The first-order chi connectivity index (χ1) is 13.2. The van der Waals surface area contributed by atoms with Gasteiger partial charge in [-0.15, -0.1) is 5.10 Å². The number of carbonyl (C=O) groups is 1. The molecule has 3 aromatic heterocycles. The minimum Gasteiger partial charge on any atom is -0.449 e. The Kier molecular flexibility index (Phi) is 4.35. The second kappa shape index (κ2) is 7.12. The Morgan fingerprint density at radius 1 is 1.26 bits per heavy atom. The Labute approximate surface area is 152 Å². The summed E-state index contributed by atoms with van der Waals surface area (Å²) in [7, 11) is 0. The Morgan fingerprint density at radius 2 is 2.19 bits per heavy atom. The van der Waals surface area contributed by atoms with Gasteiger partial charge in [0.25, 0.3) is 5.89 Å². The molecule has 0 aliphatic carbocycles. The van der Waals surface area contributed by atoms with Gasteiger partial charge in [-0.3, -0.25) is 4.98 Å². The molecular formula is C17H13N7O3. The fourth-order valence-electron chi connectivity index (χ4n) is 2.35. The molecule has 0 saturated carbocycles. The van der Waals surface area contributed by atoms with Gasteiger partial charge >= 0.3 is 5.97 Å². The number of esters is 1. The maximum atomic E-state index is 12.4. The van der Waals surface area contributed by atoms with Crippen LogP contribution in [0.25, 0.3) is 17.1 Å². The Bertz CT molecular complexity index is 1050. The van der Waals surface area contributed by atoms with E-state index < -0.39 is 12.1 Å². The van der Waals surface area contributed by atoms with Gasteiger partial charge < -0.3 is 9.26 Å². The number of tetrazole rings is 1. The highest BCUT2D eigenvalue weighted by Crippen LogP contribution is 2.21. The molecule has 10 heteroatoms. The molecule has 1 aromatic carbocycles. The standard InChI is InChI=1S/C17H13N7O3/c1-11(16-20-15(21-27-16)13-5-3-7-18-9-13)26-17(25)12-4-2-6-14(8-12)24-10-19-22-23-24/h2-11H,1H3. The monoisotopic (exact) mass is 363 g/mol. The van der Waals surface area contributed by atoms with Crippen molar-refractivity contribution < 1.29 is 14.1 Å². The third-order valence-electron chi connectivity index (χ3n) is 3.69. The number of pyridine rings is 1. The lowest BCUT2D eigenvalue weighted by Crippen LogP contribution is -2.10. The molecule has 0 aliphatic rings. The summed E-state index contributed by atoms with van der Waals surface area (Å²) < 4.78 is 12.1. The largest absolute Gasteiger partial charge is 0.449 e. The fraction of sp³-hybridized carbons (Fsp3) is 0.118. The summed E-state index contributed by atoms with van der Waals surface area (Å²) in [4.78, 5) is 20.7. The SMILES string of the molecule is CC(OC(=O)c1cccc(-n2cnnn2)c1)c1nc(-c2cccnc2)no1. The predicted octanol–water partition coefficient (Wildman–Crippen LogP) is 2.03. The predicted molar refractivity (Wildman–Crippen MR) is 90.5 cm³/mol. The second-order valence-electron chi connectivity index (χ2n) is 5.55. The van der Waals surface area contributed by atoms with Crippen LogP contribution in [0.5, 0.6) is 0 Å². The van der Waals surface area contributed by atoms with Crippen LogP contribution in [-0.4, -0.2) is 41.3 Å². The zero-order valence-electron chi connectivity index (χ0n) is 14.1. The van der Waals surface area contributed by atoms with E-state index >= 15 is 0 Å². The molecule has 4 rings (SSSR count). The molecule has 3 heterocycles. The van der Waals surface area contributed by atoms with Gasteiger partial charge in [0.2, 0.25) is 5.82 Å². The van der Waals surface area contributed by atoms with Gasteiger partial charge in [-0.1, -0.05) is 11.2 Å². The highest BCUT2D eigenvalue weighted by atomic mass is 16.6. The van der Waals surface area contributed by atoms with Crippen molar-refractivity contribution in [2.45, 2.75) is 13.0 Å². The quantitative estimate of drug-likeness (QED) is 0.490. The van der Waals surface area contributed by atoms with E-state index in [0.29, 0.717) is 22.6 Å².